The minimum absolute atomic E-state index is 0.266. The first-order valence-corrected chi connectivity index (χ1v) is 8.59. The second-order valence-corrected chi connectivity index (χ2v) is 5.99. The number of anilines is 1. The second-order valence-electron chi connectivity index (χ2n) is 5.99. The third kappa shape index (κ3) is 4.05. The number of rotatable bonds is 6. The van der Waals surface area contributed by atoms with Crippen LogP contribution in [-0.2, 0) is 7.05 Å². The number of carbonyl (C=O) groups excluding carboxylic acids is 1. The Morgan fingerprint density at radius 1 is 1.17 bits per heavy atom. The van der Waals surface area contributed by atoms with E-state index in [1.54, 1.807) is 66.9 Å². The van der Waals surface area contributed by atoms with Crippen LogP contribution >= 0.6 is 0 Å². The highest BCUT2D eigenvalue weighted by molar-refractivity contribution is 6.05. The predicted octanol–water partition coefficient (Wildman–Crippen LogP) is 2.45. The van der Waals surface area contributed by atoms with E-state index in [9.17, 15) is 4.79 Å². The molecule has 0 saturated carbocycles. The van der Waals surface area contributed by atoms with Gasteiger partial charge in [0.25, 0.3) is 5.91 Å². The van der Waals surface area contributed by atoms with Crippen LogP contribution in [0.4, 0.5) is 5.69 Å². The fourth-order valence-electron chi connectivity index (χ4n) is 2.62. The molecule has 10 nitrogen and oxygen atoms in total. The van der Waals surface area contributed by atoms with E-state index in [2.05, 4.69) is 25.4 Å². The van der Waals surface area contributed by atoms with Crippen molar-refractivity contribution in [3.8, 4) is 23.3 Å². The Kier molecular flexibility index (Phi) is 4.89. The molecule has 146 valence electrons. The smallest absolute Gasteiger partial charge is 0.262 e. The van der Waals surface area contributed by atoms with Crippen LogP contribution in [0.5, 0.6) is 17.5 Å². The van der Waals surface area contributed by atoms with Gasteiger partial charge < -0.3 is 14.8 Å². The summed E-state index contributed by atoms with van der Waals surface area (Å²) in [6.45, 7) is 0. The van der Waals surface area contributed by atoms with Gasteiger partial charge in [-0.25, -0.2) is 15.0 Å². The fourth-order valence-corrected chi connectivity index (χ4v) is 2.62. The van der Waals surface area contributed by atoms with Gasteiger partial charge in [0, 0.05) is 37.4 Å². The van der Waals surface area contributed by atoms with Crippen LogP contribution in [0.25, 0.3) is 5.82 Å². The molecule has 1 amide bonds. The summed E-state index contributed by atoms with van der Waals surface area (Å²) in [6, 6.07) is 8.62. The van der Waals surface area contributed by atoms with Crippen LogP contribution < -0.4 is 14.8 Å². The van der Waals surface area contributed by atoms with Crippen molar-refractivity contribution in [1.82, 2.24) is 29.3 Å². The Balaban J connectivity index is 1.44. The van der Waals surface area contributed by atoms with Gasteiger partial charge in [0.2, 0.25) is 11.8 Å². The third-order valence-corrected chi connectivity index (χ3v) is 3.96. The molecule has 4 aromatic rings. The molecular weight excluding hydrogens is 374 g/mol. The lowest BCUT2D eigenvalue weighted by atomic mass is 10.2. The van der Waals surface area contributed by atoms with E-state index >= 15 is 0 Å². The lowest BCUT2D eigenvalue weighted by Gasteiger charge is -2.08. The summed E-state index contributed by atoms with van der Waals surface area (Å²) in [5, 5.41) is 6.88. The second kappa shape index (κ2) is 7.80. The van der Waals surface area contributed by atoms with Gasteiger partial charge in [-0.15, -0.1) is 5.10 Å². The Labute approximate surface area is 165 Å². The van der Waals surface area contributed by atoms with Gasteiger partial charge >= 0.3 is 0 Å². The predicted molar refractivity (Wildman–Crippen MR) is 103 cm³/mol. The number of ether oxygens (including phenoxy) is 2. The number of methoxy groups -OCH3 is 1. The zero-order valence-corrected chi connectivity index (χ0v) is 15.7. The molecule has 10 heteroatoms. The molecule has 0 aliphatic heterocycles. The molecule has 0 atom stereocenters. The highest BCUT2D eigenvalue weighted by Gasteiger charge is 2.16. The maximum atomic E-state index is 12.4. The van der Waals surface area contributed by atoms with Crippen LogP contribution in [-0.4, -0.2) is 42.3 Å². The quantitative estimate of drug-likeness (QED) is 0.538. The number of aryl methyl sites for hydroxylation is 1. The normalized spacial score (nSPS) is 10.6. The van der Waals surface area contributed by atoms with Crippen molar-refractivity contribution in [2.45, 2.75) is 0 Å². The van der Waals surface area contributed by atoms with Gasteiger partial charge in [0.05, 0.1) is 7.11 Å². The number of hydrogen-bond donors (Lipinski definition) is 1. The zero-order valence-electron chi connectivity index (χ0n) is 15.7. The first-order valence-electron chi connectivity index (χ1n) is 8.59. The summed E-state index contributed by atoms with van der Waals surface area (Å²) in [5.74, 6) is 1.55. The molecule has 1 aromatic carbocycles. The third-order valence-electron chi connectivity index (χ3n) is 3.96. The van der Waals surface area contributed by atoms with Gasteiger partial charge in [-0.3, -0.25) is 14.0 Å². The summed E-state index contributed by atoms with van der Waals surface area (Å²) >= 11 is 0. The average molecular weight is 391 g/mol. The maximum Gasteiger partial charge on any atom is 0.262 e. The van der Waals surface area contributed by atoms with Crippen LogP contribution in [0.15, 0.2) is 61.6 Å². The summed E-state index contributed by atoms with van der Waals surface area (Å²) in [4.78, 5) is 24.7. The van der Waals surface area contributed by atoms with E-state index in [0.717, 1.165) is 0 Å². The molecule has 0 unspecified atom stereocenters. The monoisotopic (exact) mass is 391 g/mol. The van der Waals surface area contributed by atoms with E-state index < -0.39 is 0 Å². The lowest BCUT2D eigenvalue weighted by molar-refractivity contribution is 0.102. The molecule has 0 bridgehead atoms. The Morgan fingerprint density at radius 2 is 2.00 bits per heavy atom. The molecular formula is C19H17N7O3. The van der Waals surface area contributed by atoms with Crippen molar-refractivity contribution in [2.24, 2.45) is 7.05 Å². The van der Waals surface area contributed by atoms with Crippen LogP contribution in [0, 0.1) is 0 Å². The number of nitrogens with zero attached hydrogens (tertiary/aromatic N) is 6. The van der Waals surface area contributed by atoms with Gasteiger partial charge in [-0.05, 0) is 24.3 Å². The van der Waals surface area contributed by atoms with E-state index in [-0.39, 0.29) is 11.8 Å². The number of benzene rings is 1. The fraction of sp³-hybridized carbons (Fsp3) is 0.105. The average Bonchev–Trinajstić information content (AvgIpc) is 3.39. The number of amides is 1. The molecule has 4 rings (SSSR count). The molecule has 0 radical (unpaired) electrons. The molecule has 29 heavy (non-hydrogen) atoms. The lowest BCUT2D eigenvalue weighted by Crippen LogP contribution is -2.12. The number of nitrogens with one attached hydrogen (secondary N) is 1. The van der Waals surface area contributed by atoms with Gasteiger partial charge in [0.15, 0.2) is 0 Å². The number of imidazole rings is 1. The zero-order chi connectivity index (χ0) is 20.2. The summed E-state index contributed by atoms with van der Waals surface area (Å²) in [6.07, 6.45) is 8.09. The Bertz CT molecular complexity index is 1120. The summed E-state index contributed by atoms with van der Waals surface area (Å²) in [7, 11) is 3.19. The van der Waals surface area contributed by atoms with Gasteiger partial charge in [-0.2, -0.15) is 0 Å². The van der Waals surface area contributed by atoms with E-state index in [0.29, 0.717) is 28.7 Å². The van der Waals surface area contributed by atoms with Crippen molar-refractivity contribution >= 4 is 11.6 Å². The van der Waals surface area contributed by atoms with Crippen LogP contribution in [0.3, 0.4) is 0 Å². The molecule has 0 saturated heterocycles. The molecule has 0 aliphatic rings. The van der Waals surface area contributed by atoms with Crippen LogP contribution in [0.2, 0.25) is 0 Å². The topological polar surface area (TPSA) is 109 Å². The van der Waals surface area contributed by atoms with Crippen molar-refractivity contribution < 1.29 is 14.3 Å². The van der Waals surface area contributed by atoms with E-state index in [1.165, 1.54) is 18.1 Å². The largest absolute Gasteiger partial charge is 0.479 e. The van der Waals surface area contributed by atoms with Crippen molar-refractivity contribution in [1.29, 1.82) is 0 Å². The molecule has 3 heterocycles. The van der Waals surface area contributed by atoms with Gasteiger partial charge in [-0.1, -0.05) is 0 Å². The first-order chi connectivity index (χ1) is 14.1. The Hall–Kier alpha value is -4.21. The van der Waals surface area contributed by atoms with E-state index in [1.807, 2.05) is 0 Å². The minimum atomic E-state index is -0.315. The molecule has 3 aromatic heterocycles. The molecule has 0 fully saturated rings. The summed E-state index contributed by atoms with van der Waals surface area (Å²) < 4.78 is 14.2. The van der Waals surface area contributed by atoms with E-state index in [4.69, 9.17) is 9.47 Å². The first kappa shape index (κ1) is 18.2. The minimum Gasteiger partial charge on any atom is -0.479 e. The molecule has 0 aliphatic carbocycles. The SMILES string of the molecule is COc1nn(C)cc1C(=O)Nc1ccc(Oc2cc(-n3ccnc3)ncn2)cc1. The standard InChI is InChI=1S/C19H17N7O3/c1-25-10-15(19(24-25)28-2)18(27)23-13-3-5-14(6-4-13)29-17-9-16(21-11-22-17)26-8-7-20-12-26/h3-12H,1-2H3,(H,23,27). The van der Waals surface area contributed by atoms with Gasteiger partial charge in [0.1, 0.15) is 29.8 Å². The number of aromatic nitrogens is 6. The highest BCUT2D eigenvalue weighted by atomic mass is 16.5. The van der Waals surface area contributed by atoms with Crippen molar-refractivity contribution in [2.75, 3.05) is 12.4 Å². The highest BCUT2D eigenvalue weighted by Crippen LogP contribution is 2.23. The maximum absolute atomic E-state index is 12.4. The molecule has 1 N–H and O–H groups in total. The summed E-state index contributed by atoms with van der Waals surface area (Å²) in [5.41, 5.74) is 0.957. The van der Waals surface area contributed by atoms with Crippen LogP contribution in [0.1, 0.15) is 10.4 Å². The Morgan fingerprint density at radius 3 is 2.72 bits per heavy atom. The molecule has 0 spiro atoms. The van der Waals surface area contributed by atoms with Crippen molar-refractivity contribution in [3.63, 3.8) is 0 Å². The number of hydrogen-bond acceptors (Lipinski definition) is 7. The number of carbonyl (C=O) groups is 1. The van der Waals surface area contributed by atoms with Crippen molar-refractivity contribution in [3.05, 3.63) is 67.1 Å².